The summed E-state index contributed by atoms with van der Waals surface area (Å²) in [6, 6.07) is 9.27. The Balaban J connectivity index is 2.46. The van der Waals surface area contributed by atoms with Crippen molar-refractivity contribution < 1.29 is 5.21 Å². The minimum absolute atomic E-state index is 0.510. The summed E-state index contributed by atoms with van der Waals surface area (Å²) >= 11 is 0. The fourth-order valence-electron chi connectivity index (χ4n) is 1.31. The number of anilines is 2. The largest absolute Gasteiger partial charge is 0.397 e. The van der Waals surface area contributed by atoms with Gasteiger partial charge in [0, 0.05) is 18.1 Å². The van der Waals surface area contributed by atoms with Crippen LogP contribution in [-0.4, -0.2) is 9.77 Å². The standard InChI is InChI=1S/C10H11N3O/c11-9-4-3-8(7-10(9)12-14)13-5-1-2-6-13/h1-7,12,14H,11H2. The van der Waals surface area contributed by atoms with Crippen molar-refractivity contribution in [3.05, 3.63) is 42.7 Å². The highest BCUT2D eigenvalue weighted by Crippen LogP contribution is 2.21. The van der Waals surface area contributed by atoms with Crippen molar-refractivity contribution in [2.75, 3.05) is 11.2 Å². The number of nitrogens with zero attached hydrogens (tertiary/aromatic N) is 1. The average molecular weight is 189 g/mol. The molecule has 1 heterocycles. The average Bonchev–Trinajstić information content (AvgIpc) is 2.71. The molecule has 0 amide bonds. The molecule has 0 unspecified atom stereocenters. The first kappa shape index (κ1) is 8.65. The number of benzene rings is 1. The van der Waals surface area contributed by atoms with E-state index in [2.05, 4.69) is 5.48 Å². The number of aromatic nitrogens is 1. The minimum atomic E-state index is 0.510. The van der Waals surface area contributed by atoms with Gasteiger partial charge in [-0.3, -0.25) is 10.7 Å². The lowest BCUT2D eigenvalue weighted by Gasteiger charge is -2.07. The molecule has 0 atom stereocenters. The van der Waals surface area contributed by atoms with Crippen LogP contribution in [0, 0.1) is 0 Å². The topological polar surface area (TPSA) is 63.2 Å². The van der Waals surface area contributed by atoms with E-state index < -0.39 is 0 Å². The van der Waals surface area contributed by atoms with Crippen LogP contribution in [0.3, 0.4) is 0 Å². The maximum Gasteiger partial charge on any atom is 0.0852 e. The molecule has 0 bridgehead atoms. The van der Waals surface area contributed by atoms with Gasteiger partial charge in [-0.05, 0) is 30.3 Å². The second kappa shape index (κ2) is 3.43. The molecule has 2 rings (SSSR count). The predicted octanol–water partition coefficient (Wildman–Crippen LogP) is 1.86. The van der Waals surface area contributed by atoms with Crippen LogP contribution in [0.4, 0.5) is 11.4 Å². The lowest BCUT2D eigenvalue weighted by atomic mass is 10.2. The molecule has 2 aromatic rings. The zero-order valence-electron chi connectivity index (χ0n) is 7.51. The second-order valence-electron chi connectivity index (χ2n) is 2.97. The van der Waals surface area contributed by atoms with Gasteiger partial charge < -0.3 is 10.3 Å². The molecule has 4 N–H and O–H groups in total. The van der Waals surface area contributed by atoms with Crippen molar-refractivity contribution in [1.29, 1.82) is 0 Å². The first-order chi connectivity index (χ1) is 6.81. The van der Waals surface area contributed by atoms with E-state index >= 15 is 0 Å². The summed E-state index contributed by atoms with van der Waals surface area (Å²) in [5.41, 5.74) is 9.65. The zero-order valence-corrected chi connectivity index (χ0v) is 7.51. The minimum Gasteiger partial charge on any atom is -0.397 e. The Hall–Kier alpha value is -1.94. The first-order valence-corrected chi connectivity index (χ1v) is 4.24. The Bertz CT molecular complexity index is 423. The monoisotopic (exact) mass is 189 g/mol. The molecule has 0 aliphatic carbocycles. The molecule has 4 nitrogen and oxygen atoms in total. The summed E-state index contributed by atoms with van der Waals surface area (Å²) in [5.74, 6) is 0. The van der Waals surface area contributed by atoms with E-state index in [1.54, 1.807) is 12.1 Å². The maximum absolute atomic E-state index is 8.80. The SMILES string of the molecule is Nc1ccc(-n2cccc2)cc1NO. The summed E-state index contributed by atoms with van der Waals surface area (Å²) in [7, 11) is 0. The normalized spacial score (nSPS) is 10.1. The van der Waals surface area contributed by atoms with Crippen molar-refractivity contribution in [2.45, 2.75) is 0 Å². The number of rotatable bonds is 2. The van der Waals surface area contributed by atoms with E-state index in [1.807, 2.05) is 35.2 Å². The van der Waals surface area contributed by atoms with E-state index in [0.717, 1.165) is 5.69 Å². The van der Waals surface area contributed by atoms with Crippen LogP contribution in [0.15, 0.2) is 42.7 Å². The van der Waals surface area contributed by atoms with Crippen LogP contribution in [0.2, 0.25) is 0 Å². The van der Waals surface area contributed by atoms with Gasteiger partial charge in [-0.25, -0.2) is 0 Å². The van der Waals surface area contributed by atoms with Crippen molar-refractivity contribution in [3.8, 4) is 5.69 Å². The number of nitrogens with one attached hydrogen (secondary N) is 1. The molecule has 1 aromatic carbocycles. The molecule has 0 aliphatic rings. The van der Waals surface area contributed by atoms with Crippen molar-refractivity contribution in [2.24, 2.45) is 0 Å². The molecular formula is C10H11N3O. The van der Waals surface area contributed by atoms with Crippen LogP contribution in [0.5, 0.6) is 0 Å². The van der Waals surface area contributed by atoms with Crippen LogP contribution in [0.1, 0.15) is 0 Å². The van der Waals surface area contributed by atoms with Crippen molar-refractivity contribution in [1.82, 2.24) is 4.57 Å². The van der Waals surface area contributed by atoms with Gasteiger partial charge in [0.15, 0.2) is 0 Å². The molecule has 4 heteroatoms. The molecule has 1 aromatic heterocycles. The lowest BCUT2D eigenvalue weighted by molar-refractivity contribution is 0.389. The lowest BCUT2D eigenvalue weighted by Crippen LogP contribution is -1.98. The Labute approximate surface area is 81.5 Å². The molecule has 72 valence electrons. The third-order valence-electron chi connectivity index (χ3n) is 2.06. The molecule has 0 spiro atoms. The number of nitrogens with two attached hydrogens (primary N) is 1. The molecule has 0 radical (unpaired) electrons. The Kier molecular flexibility index (Phi) is 2.12. The third kappa shape index (κ3) is 1.43. The quantitative estimate of drug-likeness (QED) is 0.499. The van der Waals surface area contributed by atoms with Crippen molar-refractivity contribution in [3.63, 3.8) is 0 Å². The molecule has 0 saturated carbocycles. The Morgan fingerprint density at radius 1 is 1.21 bits per heavy atom. The predicted molar refractivity (Wildman–Crippen MR) is 55.6 cm³/mol. The van der Waals surface area contributed by atoms with Crippen molar-refractivity contribution >= 4 is 11.4 Å². The first-order valence-electron chi connectivity index (χ1n) is 4.24. The highest BCUT2D eigenvalue weighted by Gasteiger charge is 2.00. The summed E-state index contributed by atoms with van der Waals surface area (Å²) < 4.78 is 1.93. The fourth-order valence-corrected chi connectivity index (χ4v) is 1.31. The molecular weight excluding hydrogens is 178 g/mol. The van der Waals surface area contributed by atoms with Gasteiger partial charge >= 0.3 is 0 Å². The fraction of sp³-hybridized carbons (Fsp3) is 0. The number of hydrogen-bond acceptors (Lipinski definition) is 3. The van der Waals surface area contributed by atoms with E-state index in [4.69, 9.17) is 10.9 Å². The van der Waals surface area contributed by atoms with Gasteiger partial charge in [0.2, 0.25) is 0 Å². The molecule has 0 saturated heterocycles. The maximum atomic E-state index is 8.80. The van der Waals surface area contributed by atoms with E-state index in [1.165, 1.54) is 0 Å². The molecule has 14 heavy (non-hydrogen) atoms. The van der Waals surface area contributed by atoms with Gasteiger partial charge in [0.05, 0.1) is 11.4 Å². The van der Waals surface area contributed by atoms with E-state index in [9.17, 15) is 0 Å². The third-order valence-corrected chi connectivity index (χ3v) is 2.06. The summed E-state index contributed by atoms with van der Waals surface area (Å²) in [6.45, 7) is 0. The summed E-state index contributed by atoms with van der Waals surface area (Å²) in [5, 5.41) is 8.80. The molecule has 0 fully saturated rings. The summed E-state index contributed by atoms with van der Waals surface area (Å²) in [6.07, 6.45) is 3.85. The second-order valence-corrected chi connectivity index (χ2v) is 2.97. The highest BCUT2D eigenvalue weighted by atomic mass is 16.5. The van der Waals surface area contributed by atoms with Crippen LogP contribution < -0.4 is 11.2 Å². The Morgan fingerprint density at radius 3 is 2.57 bits per heavy atom. The smallest absolute Gasteiger partial charge is 0.0852 e. The van der Waals surface area contributed by atoms with Crippen LogP contribution in [-0.2, 0) is 0 Å². The Morgan fingerprint density at radius 2 is 1.93 bits per heavy atom. The van der Waals surface area contributed by atoms with E-state index in [-0.39, 0.29) is 0 Å². The highest BCUT2D eigenvalue weighted by molar-refractivity contribution is 5.68. The summed E-state index contributed by atoms with van der Waals surface area (Å²) in [4.78, 5) is 0. The van der Waals surface area contributed by atoms with Gasteiger partial charge in [-0.2, -0.15) is 0 Å². The van der Waals surface area contributed by atoms with Gasteiger partial charge in [0.1, 0.15) is 0 Å². The van der Waals surface area contributed by atoms with Gasteiger partial charge in [-0.1, -0.05) is 0 Å². The number of hydrogen-bond donors (Lipinski definition) is 3. The zero-order chi connectivity index (χ0) is 9.97. The number of nitrogen functional groups attached to an aromatic ring is 1. The van der Waals surface area contributed by atoms with E-state index in [0.29, 0.717) is 11.4 Å². The van der Waals surface area contributed by atoms with Crippen LogP contribution in [0.25, 0.3) is 5.69 Å². The van der Waals surface area contributed by atoms with Gasteiger partial charge in [-0.15, -0.1) is 0 Å². The molecule has 0 aliphatic heterocycles. The van der Waals surface area contributed by atoms with Crippen LogP contribution >= 0.6 is 0 Å². The van der Waals surface area contributed by atoms with Gasteiger partial charge in [0.25, 0.3) is 0 Å².